The number of nitrogens with one attached hydrogen (secondary N) is 2. The third kappa shape index (κ3) is 4.90. The van der Waals surface area contributed by atoms with Gasteiger partial charge in [0.15, 0.2) is 0 Å². The molecule has 28 heavy (non-hydrogen) atoms. The number of carbonyl (C=O) groups is 3. The van der Waals surface area contributed by atoms with E-state index >= 15 is 0 Å². The number of benzene rings is 1. The van der Waals surface area contributed by atoms with Crippen LogP contribution in [-0.4, -0.2) is 64.9 Å². The number of fused-ring (bicyclic) bond motifs is 2. The van der Waals surface area contributed by atoms with Crippen LogP contribution in [-0.2, 0) is 21.1 Å². The third-order valence-electron chi connectivity index (χ3n) is 4.71. The Hall–Kier alpha value is -2.85. The van der Waals surface area contributed by atoms with Gasteiger partial charge in [-0.3, -0.25) is 14.5 Å². The second kappa shape index (κ2) is 9.38. The minimum absolute atomic E-state index is 0.0664. The molecule has 2 fully saturated rings. The van der Waals surface area contributed by atoms with Gasteiger partial charge in [-0.2, -0.15) is 5.06 Å². The van der Waals surface area contributed by atoms with Crippen LogP contribution in [0.2, 0.25) is 0 Å². The summed E-state index contributed by atoms with van der Waals surface area (Å²) in [5.41, 5.74) is 3.31. The number of urea groups is 1. The van der Waals surface area contributed by atoms with E-state index in [1.54, 1.807) is 0 Å². The molecule has 2 aliphatic rings. The molecule has 0 aromatic heterocycles. The van der Waals surface area contributed by atoms with E-state index in [0.717, 1.165) is 5.56 Å². The Balaban J connectivity index is 1.44. The molecule has 2 aliphatic heterocycles. The smallest absolute Gasteiger partial charge is 0.404 e. The predicted octanol–water partition coefficient (Wildman–Crippen LogP) is 1.09. The fourth-order valence-electron chi connectivity index (χ4n) is 3.32. The minimum Gasteiger partial charge on any atom is -0.465 e. The van der Waals surface area contributed by atoms with Gasteiger partial charge in [-0.15, -0.1) is 0 Å². The van der Waals surface area contributed by atoms with Crippen LogP contribution < -0.4 is 10.8 Å². The largest absolute Gasteiger partial charge is 0.465 e. The Morgan fingerprint density at radius 1 is 1.21 bits per heavy atom. The molecule has 2 saturated heterocycles. The van der Waals surface area contributed by atoms with Crippen molar-refractivity contribution in [1.29, 1.82) is 0 Å². The van der Waals surface area contributed by atoms with E-state index in [9.17, 15) is 14.4 Å². The number of amides is 4. The molecule has 1 aromatic rings. The average molecular weight is 392 g/mol. The quantitative estimate of drug-likeness (QED) is 0.427. The Bertz CT molecular complexity index is 701. The lowest BCUT2D eigenvalue weighted by Gasteiger charge is -2.28. The van der Waals surface area contributed by atoms with Crippen molar-refractivity contribution in [1.82, 2.24) is 20.8 Å². The van der Waals surface area contributed by atoms with Crippen molar-refractivity contribution < 1.29 is 29.2 Å². The minimum atomic E-state index is -1.10. The Morgan fingerprint density at radius 3 is 2.75 bits per heavy atom. The summed E-state index contributed by atoms with van der Waals surface area (Å²) < 4.78 is 0. The summed E-state index contributed by atoms with van der Waals surface area (Å²) >= 11 is 0. The lowest BCUT2D eigenvalue weighted by molar-refractivity contribution is -0.141. The molecular formula is C18H24N4O6. The predicted molar refractivity (Wildman–Crippen MR) is 96.7 cm³/mol. The normalized spacial score (nSPS) is 20.9. The molecule has 152 valence electrons. The molecule has 0 aliphatic carbocycles. The van der Waals surface area contributed by atoms with Crippen LogP contribution in [0.1, 0.15) is 24.8 Å². The number of rotatable bonds is 9. The first-order valence-corrected chi connectivity index (χ1v) is 9.21. The first-order chi connectivity index (χ1) is 13.6. The van der Waals surface area contributed by atoms with Crippen LogP contribution in [0.3, 0.4) is 0 Å². The monoisotopic (exact) mass is 392 g/mol. The lowest BCUT2D eigenvalue weighted by atomic mass is 10.0. The maximum atomic E-state index is 12.6. The van der Waals surface area contributed by atoms with Crippen LogP contribution in [0.15, 0.2) is 30.3 Å². The maximum Gasteiger partial charge on any atom is 0.404 e. The number of carboxylic acid groups (broad SMARTS) is 1. The molecule has 2 heterocycles. The summed E-state index contributed by atoms with van der Waals surface area (Å²) in [6.07, 6.45) is 0.505. The fraction of sp³-hybridized carbons (Fsp3) is 0.500. The zero-order valence-electron chi connectivity index (χ0n) is 15.4. The van der Waals surface area contributed by atoms with E-state index in [2.05, 4.69) is 10.8 Å². The summed E-state index contributed by atoms with van der Waals surface area (Å²) in [4.78, 5) is 47.6. The molecule has 10 nitrogen and oxygen atoms in total. The zero-order chi connectivity index (χ0) is 19.9. The van der Waals surface area contributed by atoms with Gasteiger partial charge in [-0.1, -0.05) is 30.3 Å². The molecule has 0 unspecified atom stereocenters. The molecule has 2 bridgehead atoms. The molecule has 2 atom stereocenters. The zero-order valence-corrected chi connectivity index (χ0v) is 15.4. The first-order valence-electron chi connectivity index (χ1n) is 9.21. The molecule has 3 N–H and O–H groups in total. The van der Waals surface area contributed by atoms with Gasteiger partial charge in [0.05, 0.1) is 12.6 Å². The van der Waals surface area contributed by atoms with Gasteiger partial charge in [-0.05, 0) is 24.8 Å². The highest BCUT2D eigenvalue weighted by Gasteiger charge is 2.48. The first kappa shape index (κ1) is 19.9. The van der Waals surface area contributed by atoms with Crippen LogP contribution in [0.4, 0.5) is 9.59 Å². The van der Waals surface area contributed by atoms with Crippen LogP contribution in [0.5, 0.6) is 0 Å². The average Bonchev–Trinajstić information content (AvgIpc) is 2.93. The van der Waals surface area contributed by atoms with Crippen LogP contribution in [0.25, 0.3) is 0 Å². The van der Waals surface area contributed by atoms with Crippen molar-refractivity contribution in [2.24, 2.45) is 0 Å². The summed E-state index contributed by atoms with van der Waals surface area (Å²) in [7, 11) is 0. The summed E-state index contributed by atoms with van der Waals surface area (Å²) in [5, 5.41) is 12.0. The Labute approximate surface area is 162 Å². The highest BCUT2D eigenvalue weighted by Crippen LogP contribution is 2.30. The number of piperidine rings is 1. The van der Waals surface area contributed by atoms with Crippen LogP contribution >= 0.6 is 0 Å². The number of hydrogen-bond donors (Lipinski definition) is 3. The van der Waals surface area contributed by atoms with E-state index in [1.165, 1.54) is 9.96 Å². The van der Waals surface area contributed by atoms with E-state index < -0.39 is 12.1 Å². The Kier molecular flexibility index (Phi) is 6.66. The molecule has 1 aromatic carbocycles. The van der Waals surface area contributed by atoms with E-state index in [4.69, 9.17) is 14.8 Å². The number of nitrogens with zero attached hydrogens (tertiary/aromatic N) is 2. The molecule has 0 saturated carbocycles. The molecular weight excluding hydrogens is 368 g/mol. The summed E-state index contributed by atoms with van der Waals surface area (Å²) in [5.74, 6) is -0.386. The van der Waals surface area contributed by atoms with Crippen LogP contribution in [0, 0.1) is 0 Å². The fourth-order valence-corrected chi connectivity index (χ4v) is 3.32. The van der Waals surface area contributed by atoms with E-state index in [1.807, 2.05) is 30.3 Å². The van der Waals surface area contributed by atoms with Crippen molar-refractivity contribution in [3.63, 3.8) is 0 Å². The third-order valence-corrected chi connectivity index (χ3v) is 4.71. The maximum absolute atomic E-state index is 12.6. The molecule has 3 rings (SSSR count). The molecule has 0 spiro atoms. The van der Waals surface area contributed by atoms with Gasteiger partial charge < -0.3 is 15.3 Å². The molecule has 10 heteroatoms. The van der Waals surface area contributed by atoms with Crippen molar-refractivity contribution in [3.05, 3.63) is 35.9 Å². The van der Waals surface area contributed by atoms with Gasteiger partial charge in [-0.25, -0.2) is 15.1 Å². The van der Waals surface area contributed by atoms with Gasteiger partial charge in [0, 0.05) is 13.1 Å². The van der Waals surface area contributed by atoms with Gasteiger partial charge in [0.25, 0.3) is 5.91 Å². The highest BCUT2D eigenvalue weighted by atomic mass is 16.7. The molecule has 4 amide bonds. The highest BCUT2D eigenvalue weighted by molar-refractivity contribution is 5.88. The summed E-state index contributed by atoms with van der Waals surface area (Å²) in [6.45, 7) is 1.13. The second-order valence-electron chi connectivity index (χ2n) is 6.67. The number of hydroxylamine groups is 3. The van der Waals surface area contributed by atoms with Gasteiger partial charge in [0.2, 0.25) is 0 Å². The van der Waals surface area contributed by atoms with Gasteiger partial charge in [0.1, 0.15) is 12.6 Å². The standard InChI is InChI=1S/C18H24N4O6/c23-16(20-27-10-4-9-19-17(24)25)15-8-7-14-11-21(15)18(26)22(14)28-12-13-5-2-1-3-6-13/h1-3,5-6,14-15,19H,4,7-12H2,(H,20,23)(H,24,25)/t14-,15+/m1/s1. The SMILES string of the molecule is O=C(O)NCCCONC(=O)[C@@H]1CC[C@@H]2CN1C(=O)N2OCc1ccccc1. The van der Waals surface area contributed by atoms with E-state index in [-0.39, 0.29) is 31.1 Å². The van der Waals surface area contributed by atoms with E-state index in [0.29, 0.717) is 32.4 Å². The molecule has 0 radical (unpaired) electrons. The van der Waals surface area contributed by atoms with Crippen molar-refractivity contribution in [3.8, 4) is 0 Å². The van der Waals surface area contributed by atoms with Crippen molar-refractivity contribution in [2.45, 2.75) is 38.0 Å². The van der Waals surface area contributed by atoms with Gasteiger partial charge >= 0.3 is 12.1 Å². The van der Waals surface area contributed by atoms with Crippen molar-refractivity contribution in [2.75, 3.05) is 19.7 Å². The topological polar surface area (TPSA) is 120 Å². The number of hydrogen-bond acceptors (Lipinski definition) is 5. The Morgan fingerprint density at radius 2 is 2.00 bits per heavy atom. The summed E-state index contributed by atoms with van der Waals surface area (Å²) in [6, 6.07) is 8.59. The second-order valence-corrected chi connectivity index (χ2v) is 6.67. The van der Waals surface area contributed by atoms with Crippen molar-refractivity contribution >= 4 is 18.0 Å². The number of carbonyl (C=O) groups excluding carboxylic acids is 2. The lowest BCUT2D eigenvalue weighted by Crippen LogP contribution is -2.49.